The van der Waals surface area contributed by atoms with Crippen molar-refractivity contribution in [3.05, 3.63) is 22.4 Å². The molecule has 1 aromatic rings. The summed E-state index contributed by atoms with van der Waals surface area (Å²) in [6, 6.07) is 4.37. The zero-order chi connectivity index (χ0) is 12.8. The van der Waals surface area contributed by atoms with Gasteiger partial charge in [0.05, 0.1) is 6.54 Å². The SMILES string of the molecule is CC(Cc1cccs1)NC(=O)CN1CCNCC1. The molecule has 0 saturated carbocycles. The van der Waals surface area contributed by atoms with E-state index in [9.17, 15) is 4.79 Å². The van der Waals surface area contributed by atoms with Crippen LogP contribution in [-0.2, 0) is 11.2 Å². The normalized spacial score (nSPS) is 18.5. The summed E-state index contributed by atoms with van der Waals surface area (Å²) >= 11 is 1.74. The van der Waals surface area contributed by atoms with Crippen LogP contribution in [0.5, 0.6) is 0 Å². The number of nitrogens with one attached hydrogen (secondary N) is 2. The molecule has 1 atom stereocenters. The molecule has 1 unspecified atom stereocenters. The van der Waals surface area contributed by atoms with Gasteiger partial charge in [0.15, 0.2) is 0 Å². The van der Waals surface area contributed by atoms with Crippen molar-refractivity contribution in [2.24, 2.45) is 0 Å². The lowest BCUT2D eigenvalue weighted by Crippen LogP contribution is -2.48. The molecule has 1 fully saturated rings. The van der Waals surface area contributed by atoms with E-state index in [1.54, 1.807) is 11.3 Å². The first-order chi connectivity index (χ1) is 8.74. The van der Waals surface area contributed by atoms with Crippen LogP contribution in [0.3, 0.4) is 0 Å². The molecule has 1 aliphatic heterocycles. The topological polar surface area (TPSA) is 44.4 Å². The first-order valence-corrected chi connectivity index (χ1v) is 7.37. The Kier molecular flexibility index (Phi) is 5.16. The molecule has 1 saturated heterocycles. The second-order valence-corrected chi connectivity index (χ2v) is 5.81. The molecule has 0 radical (unpaired) electrons. The molecule has 2 N–H and O–H groups in total. The molecule has 1 aromatic heterocycles. The molecule has 2 rings (SSSR count). The van der Waals surface area contributed by atoms with Crippen LogP contribution in [0, 0.1) is 0 Å². The van der Waals surface area contributed by atoms with Crippen LogP contribution in [0.4, 0.5) is 0 Å². The Morgan fingerprint density at radius 2 is 2.33 bits per heavy atom. The monoisotopic (exact) mass is 267 g/mol. The largest absolute Gasteiger partial charge is 0.352 e. The number of nitrogens with zero attached hydrogens (tertiary/aromatic N) is 1. The van der Waals surface area contributed by atoms with Gasteiger partial charge in [-0.3, -0.25) is 9.69 Å². The summed E-state index contributed by atoms with van der Waals surface area (Å²) in [7, 11) is 0. The Morgan fingerprint density at radius 3 is 3.00 bits per heavy atom. The Morgan fingerprint density at radius 1 is 1.56 bits per heavy atom. The van der Waals surface area contributed by atoms with Crippen molar-refractivity contribution in [3.8, 4) is 0 Å². The smallest absolute Gasteiger partial charge is 0.234 e. The molecule has 0 spiro atoms. The van der Waals surface area contributed by atoms with Crippen molar-refractivity contribution < 1.29 is 4.79 Å². The number of piperazine rings is 1. The van der Waals surface area contributed by atoms with Crippen molar-refractivity contribution in [1.29, 1.82) is 0 Å². The predicted octanol–water partition coefficient (Wildman–Crippen LogP) is 0.700. The van der Waals surface area contributed by atoms with E-state index in [1.807, 2.05) is 0 Å². The number of hydrogen-bond donors (Lipinski definition) is 2. The first-order valence-electron chi connectivity index (χ1n) is 6.49. The van der Waals surface area contributed by atoms with Gasteiger partial charge in [-0.05, 0) is 18.4 Å². The molecule has 5 heteroatoms. The quantitative estimate of drug-likeness (QED) is 0.825. The molecule has 2 heterocycles. The third kappa shape index (κ3) is 4.40. The van der Waals surface area contributed by atoms with Crippen LogP contribution in [0.2, 0.25) is 0 Å². The van der Waals surface area contributed by atoms with Gasteiger partial charge in [0.1, 0.15) is 0 Å². The fraction of sp³-hybridized carbons (Fsp3) is 0.615. The number of amides is 1. The second kappa shape index (κ2) is 6.87. The van der Waals surface area contributed by atoms with Gasteiger partial charge >= 0.3 is 0 Å². The summed E-state index contributed by atoms with van der Waals surface area (Å²) in [6.45, 7) is 6.49. The molecule has 1 amide bonds. The number of thiophene rings is 1. The summed E-state index contributed by atoms with van der Waals surface area (Å²) in [6.07, 6.45) is 0.922. The predicted molar refractivity (Wildman–Crippen MR) is 74.9 cm³/mol. The average molecular weight is 267 g/mol. The lowest BCUT2D eigenvalue weighted by Gasteiger charge is -2.27. The van der Waals surface area contributed by atoms with Crippen molar-refractivity contribution in [2.45, 2.75) is 19.4 Å². The summed E-state index contributed by atoms with van der Waals surface area (Å²) in [5.41, 5.74) is 0. The number of carbonyl (C=O) groups excluding carboxylic acids is 1. The lowest BCUT2D eigenvalue weighted by molar-refractivity contribution is -0.122. The van der Waals surface area contributed by atoms with Crippen LogP contribution in [-0.4, -0.2) is 49.6 Å². The van der Waals surface area contributed by atoms with Gasteiger partial charge in [0, 0.05) is 43.5 Å². The first kappa shape index (κ1) is 13.5. The summed E-state index contributed by atoms with van der Waals surface area (Å²) in [5, 5.41) is 8.43. The zero-order valence-electron chi connectivity index (χ0n) is 10.8. The Labute approximate surface area is 112 Å². The number of rotatable bonds is 5. The number of carbonyl (C=O) groups is 1. The fourth-order valence-electron chi connectivity index (χ4n) is 2.17. The molecular weight excluding hydrogens is 246 g/mol. The molecule has 4 nitrogen and oxygen atoms in total. The third-order valence-electron chi connectivity index (χ3n) is 3.07. The lowest BCUT2D eigenvalue weighted by atomic mass is 10.2. The minimum absolute atomic E-state index is 0.140. The highest BCUT2D eigenvalue weighted by molar-refractivity contribution is 7.09. The molecular formula is C13H21N3OS. The fourth-order valence-corrected chi connectivity index (χ4v) is 3.01. The van der Waals surface area contributed by atoms with E-state index < -0.39 is 0 Å². The van der Waals surface area contributed by atoms with Crippen LogP contribution in [0.15, 0.2) is 17.5 Å². The van der Waals surface area contributed by atoms with Crippen molar-refractivity contribution in [1.82, 2.24) is 15.5 Å². The third-order valence-corrected chi connectivity index (χ3v) is 3.97. The second-order valence-electron chi connectivity index (χ2n) is 4.78. The van der Waals surface area contributed by atoms with E-state index >= 15 is 0 Å². The van der Waals surface area contributed by atoms with Crippen LogP contribution in [0.25, 0.3) is 0 Å². The highest BCUT2D eigenvalue weighted by atomic mass is 32.1. The van der Waals surface area contributed by atoms with Gasteiger partial charge in [-0.15, -0.1) is 11.3 Å². The van der Waals surface area contributed by atoms with E-state index in [0.29, 0.717) is 6.54 Å². The summed E-state index contributed by atoms with van der Waals surface area (Å²) < 4.78 is 0. The average Bonchev–Trinajstić information content (AvgIpc) is 2.82. The Hall–Kier alpha value is -0.910. The van der Waals surface area contributed by atoms with Gasteiger partial charge in [0.25, 0.3) is 0 Å². The van der Waals surface area contributed by atoms with Crippen molar-refractivity contribution >= 4 is 17.2 Å². The molecule has 1 aliphatic rings. The zero-order valence-corrected chi connectivity index (χ0v) is 11.6. The molecule has 100 valence electrons. The van der Waals surface area contributed by atoms with Gasteiger partial charge in [-0.25, -0.2) is 0 Å². The standard InChI is InChI=1S/C13H21N3OS/c1-11(9-12-3-2-8-18-12)15-13(17)10-16-6-4-14-5-7-16/h2-3,8,11,14H,4-7,9-10H2,1H3,(H,15,17). The number of hydrogen-bond acceptors (Lipinski definition) is 4. The molecule has 0 aliphatic carbocycles. The maximum atomic E-state index is 11.9. The highest BCUT2D eigenvalue weighted by Gasteiger charge is 2.15. The van der Waals surface area contributed by atoms with E-state index in [4.69, 9.17) is 0 Å². The minimum Gasteiger partial charge on any atom is -0.352 e. The summed E-state index contributed by atoms with van der Waals surface area (Å²) in [5.74, 6) is 0.140. The van der Waals surface area contributed by atoms with Crippen LogP contribution < -0.4 is 10.6 Å². The molecule has 0 bridgehead atoms. The maximum absolute atomic E-state index is 11.9. The van der Waals surface area contributed by atoms with Gasteiger partial charge in [-0.2, -0.15) is 0 Å². The van der Waals surface area contributed by atoms with Crippen molar-refractivity contribution in [3.63, 3.8) is 0 Å². The highest BCUT2D eigenvalue weighted by Crippen LogP contribution is 2.10. The van der Waals surface area contributed by atoms with E-state index in [1.165, 1.54) is 4.88 Å². The van der Waals surface area contributed by atoms with Crippen LogP contribution >= 0.6 is 11.3 Å². The van der Waals surface area contributed by atoms with Gasteiger partial charge in [0.2, 0.25) is 5.91 Å². The maximum Gasteiger partial charge on any atom is 0.234 e. The van der Waals surface area contributed by atoms with Gasteiger partial charge < -0.3 is 10.6 Å². The molecule has 0 aromatic carbocycles. The summed E-state index contributed by atoms with van der Waals surface area (Å²) in [4.78, 5) is 15.4. The van der Waals surface area contributed by atoms with Crippen LogP contribution in [0.1, 0.15) is 11.8 Å². The van der Waals surface area contributed by atoms with E-state index in [2.05, 4.69) is 40.0 Å². The molecule has 18 heavy (non-hydrogen) atoms. The van der Waals surface area contributed by atoms with E-state index in [0.717, 1.165) is 32.6 Å². The Bertz CT molecular complexity index is 360. The Balaban J connectivity index is 1.69. The minimum atomic E-state index is 0.140. The van der Waals surface area contributed by atoms with Gasteiger partial charge in [-0.1, -0.05) is 6.07 Å². The van der Waals surface area contributed by atoms with Crippen molar-refractivity contribution in [2.75, 3.05) is 32.7 Å². The van der Waals surface area contributed by atoms with E-state index in [-0.39, 0.29) is 11.9 Å².